The van der Waals surface area contributed by atoms with Gasteiger partial charge in [0.05, 0.1) is 18.1 Å². The number of halogens is 1. The number of carbonyl (C=O) groups excluding carboxylic acids is 1. The zero-order valence-corrected chi connectivity index (χ0v) is 9.23. The molecule has 0 aliphatic heterocycles. The van der Waals surface area contributed by atoms with Crippen LogP contribution in [0.2, 0.25) is 0 Å². The number of esters is 1. The molecule has 88 valence electrons. The number of methoxy groups -OCH3 is 1. The number of benzene rings is 1. The molecule has 17 heavy (non-hydrogen) atoms. The summed E-state index contributed by atoms with van der Waals surface area (Å²) in [6, 6.07) is 3.81. The molecule has 0 saturated heterocycles. The first-order valence-electron chi connectivity index (χ1n) is 4.79. The summed E-state index contributed by atoms with van der Waals surface area (Å²) in [5.74, 6) is -1.32. The van der Waals surface area contributed by atoms with Gasteiger partial charge in [0.15, 0.2) is 0 Å². The van der Waals surface area contributed by atoms with E-state index in [0.29, 0.717) is 5.52 Å². The van der Waals surface area contributed by atoms with Gasteiger partial charge < -0.3 is 9.30 Å². The first kappa shape index (κ1) is 11.3. The van der Waals surface area contributed by atoms with Crippen LogP contribution in [0.25, 0.3) is 11.0 Å². The highest BCUT2D eigenvalue weighted by Gasteiger charge is 2.16. The molecule has 2 aromatic rings. The van der Waals surface area contributed by atoms with Crippen molar-refractivity contribution in [3.8, 4) is 0 Å². The van der Waals surface area contributed by atoms with Gasteiger partial charge in [-0.2, -0.15) is 0 Å². The van der Waals surface area contributed by atoms with Gasteiger partial charge in [-0.3, -0.25) is 4.79 Å². The Morgan fingerprint density at radius 1 is 1.47 bits per heavy atom. The van der Waals surface area contributed by atoms with Crippen molar-refractivity contribution < 1.29 is 13.9 Å². The van der Waals surface area contributed by atoms with E-state index in [1.165, 1.54) is 23.7 Å². The van der Waals surface area contributed by atoms with Crippen molar-refractivity contribution in [1.82, 2.24) is 9.55 Å². The van der Waals surface area contributed by atoms with Crippen LogP contribution < -0.4 is 5.56 Å². The molecule has 0 N–H and O–H groups in total. The first-order valence-corrected chi connectivity index (χ1v) is 4.79. The molecular weight excluding hydrogens is 227 g/mol. The summed E-state index contributed by atoms with van der Waals surface area (Å²) >= 11 is 0. The second-order valence-corrected chi connectivity index (χ2v) is 3.45. The van der Waals surface area contributed by atoms with Crippen LogP contribution in [-0.4, -0.2) is 22.6 Å². The summed E-state index contributed by atoms with van der Waals surface area (Å²) in [7, 11) is 2.63. The molecule has 0 unspecified atom stereocenters. The number of hydrogen-bond acceptors (Lipinski definition) is 4. The highest BCUT2D eigenvalue weighted by Crippen LogP contribution is 2.11. The largest absolute Gasteiger partial charge is 0.464 e. The van der Waals surface area contributed by atoms with E-state index < -0.39 is 17.3 Å². The van der Waals surface area contributed by atoms with Crippen LogP contribution in [0.5, 0.6) is 0 Å². The Morgan fingerprint density at radius 2 is 2.18 bits per heavy atom. The molecule has 5 nitrogen and oxygen atoms in total. The Bertz CT molecular complexity index is 664. The molecule has 0 aliphatic rings. The molecule has 0 bridgehead atoms. The summed E-state index contributed by atoms with van der Waals surface area (Å²) in [5, 5.41) is 0. The van der Waals surface area contributed by atoms with Gasteiger partial charge in [-0.15, -0.1) is 0 Å². The van der Waals surface area contributed by atoms with E-state index in [-0.39, 0.29) is 11.2 Å². The van der Waals surface area contributed by atoms with Gasteiger partial charge in [0.1, 0.15) is 5.82 Å². The molecule has 0 atom stereocenters. The predicted molar refractivity (Wildman–Crippen MR) is 58.3 cm³/mol. The third-order valence-corrected chi connectivity index (χ3v) is 2.42. The summed E-state index contributed by atoms with van der Waals surface area (Å²) in [5.41, 5.74) is -0.249. The molecule has 1 heterocycles. The van der Waals surface area contributed by atoms with Gasteiger partial charge >= 0.3 is 5.97 Å². The summed E-state index contributed by atoms with van der Waals surface area (Å²) in [4.78, 5) is 26.9. The molecule has 1 aromatic heterocycles. The van der Waals surface area contributed by atoms with E-state index in [9.17, 15) is 14.0 Å². The lowest BCUT2D eigenvalue weighted by atomic mass is 10.2. The lowest BCUT2D eigenvalue weighted by Gasteiger charge is -2.06. The average Bonchev–Trinajstić information content (AvgIpc) is 2.32. The maximum Gasteiger partial charge on any atom is 0.362 e. The van der Waals surface area contributed by atoms with Crippen molar-refractivity contribution in [3.05, 3.63) is 40.1 Å². The van der Waals surface area contributed by atoms with Crippen LogP contribution in [0.4, 0.5) is 4.39 Å². The average molecular weight is 236 g/mol. The smallest absolute Gasteiger partial charge is 0.362 e. The normalized spacial score (nSPS) is 10.5. The van der Waals surface area contributed by atoms with E-state index in [2.05, 4.69) is 9.72 Å². The van der Waals surface area contributed by atoms with E-state index in [4.69, 9.17) is 0 Å². The number of rotatable bonds is 1. The maximum absolute atomic E-state index is 13.0. The van der Waals surface area contributed by atoms with Crippen molar-refractivity contribution in [3.63, 3.8) is 0 Å². The molecule has 6 heteroatoms. The van der Waals surface area contributed by atoms with E-state index in [1.54, 1.807) is 0 Å². The molecule has 1 aromatic carbocycles. The predicted octanol–water partition coefficient (Wildman–Crippen LogP) is 0.859. The Hall–Kier alpha value is -2.24. The summed E-state index contributed by atoms with van der Waals surface area (Å²) in [6.07, 6.45) is 0. The van der Waals surface area contributed by atoms with Crippen LogP contribution >= 0.6 is 0 Å². The Kier molecular flexibility index (Phi) is 2.63. The maximum atomic E-state index is 13.0. The van der Waals surface area contributed by atoms with Crippen LogP contribution in [0, 0.1) is 5.82 Å². The molecular formula is C11H9FN2O3. The van der Waals surface area contributed by atoms with Crippen LogP contribution in [0.1, 0.15) is 10.5 Å². The van der Waals surface area contributed by atoms with Crippen LogP contribution in [-0.2, 0) is 11.8 Å². The van der Waals surface area contributed by atoms with Gasteiger partial charge in [-0.25, -0.2) is 14.2 Å². The van der Waals surface area contributed by atoms with Crippen LogP contribution in [0.15, 0.2) is 23.0 Å². The lowest BCUT2D eigenvalue weighted by Crippen LogP contribution is -2.27. The molecule has 0 fully saturated rings. The van der Waals surface area contributed by atoms with Crippen LogP contribution in [0.3, 0.4) is 0 Å². The fourth-order valence-electron chi connectivity index (χ4n) is 1.54. The molecule has 0 spiro atoms. The topological polar surface area (TPSA) is 61.2 Å². The molecule has 0 aliphatic carbocycles. The standard InChI is InChI=1S/C11H9FN2O3/c1-14-8-4-3-6(12)5-7(8)13-9(10(14)15)11(16)17-2/h3-5H,1-2H3. The van der Waals surface area contributed by atoms with E-state index in [0.717, 1.165) is 13.2 Å². The Morgan fingerprint density at radius 3 is 2.82 bits per heavy atom. The minimum absolute atomic E-state index is 0.229. The van der Waals surface area contributed by atoms with Crippen molar-refractivity contribution in [1.29, 1.82) is 0 Å². The quantitative estimate of drug-likeness (QED) is 0.689. The molecule has 2 rings (SSSR count). The zero-order chi connectivity index (χ0) is 12.6. The zero-order valence-electron chi connectivity index (χ0n) is 9.23. The minimum atomic E-state index is -0.836. The number of ether oxygens (including phenoxy) is 1. The van der Waals surface area contributed by atoms with E-state index in [1.807, 2.05) is 0 Å². The second-order valence-electron chi connectivity index (χ2n) is 3.45. The summed E-state index contributed by atoms with van der Waals surface area (Å²) < 4.78 is 18.7. The van der Waals surface area contributed by atoms with Gasteiger partial charge in [0, 0.05) is 13.1 Å². The fourth-order valence-corrected chi connectivity index (χ4v) is 1.54. The monoisotopic (exact) mass is 236 g/mol. The number of nitrogens with zero attached hydrogens (tertiary/aromatic N) is 2. The fraction of sp³-hybridized carbons (Fsp3) is 0.182. The van der Waals surface area contributed by atoms with Gasteiger partial charge in [-0.05, 0) is 12.1 Å². The SMILES string of the molecule is COC(=O)c1nc2cc(F)ccc2n(C)c1=O. The third kappa shape index (κ3) is 1.77. The highest BCUT2D eigenvalue weighted by atomic mass is 19.1. The van der Waals surface area contributed by atoms with Gasteiger partial charge in [0.25, 0.3) is 5.56 Å². The number of carbonyl (C=O) groups is 1. The number of fused-ring (bicyclic) bond motifs is 1. The molecule has 0 amide bonds. The van der Waals surface area contributed by atoms with Gasteiger partial charge in [-0.1, -0.05) is 0 Å². The number of aryl methyl sites for hydroxylation is 1. The van der Waals surface area contributed by atoms with Crippen molar-refractivity contribution in [2.75, 3.05) is 7.11 Å². The Labute approximate surface area is 95.5 Å². The Balaban J connectivity index is 2.85. The molecule has 0 saturated carbocycles. The lowest BCUT2D eigenvalue weighted by molar-refractivity contribution is 0.0591. The van der Waals surface area contributed by atoms with Gasteiger partial charge in [0.2, 0.25) is 5.69 Å². The minimum Gasteiger partial charge on any atom is -0.464 e. The van der Waals surface area contributed by atoms with Crippen molar-refractivity contribution >= 4 is 17.0 Å². The third-order valence-electron chi connectivity index (χ3n) is 2.42. The summed E-state index contributed by atoms with van der Waals surface area (Å²) in [6.45, 7) is 0. The number of aromatic nitrogens is 2. The molecule has 0 radical (unpaired) electrons. The first-order chi connectivity index (χ1) is 8.04. The highest BCUT2D eigenvalue weighted by molar-refractivity contribution is 5.89. The number of hydrogen-bond donors (Lipinski definition) is 0. The van der Waals surface area contributed by atoms with E-state index >= 15 is 0 Å². The van der Waals surface area contributed by atoms with Crippen molar-refractivity contribution in [2.45, 2.75) is 0 Å². The second kappa shape index (κ2) is 3.97. The van der Waals surface area contributed by atoms with Crippen molar-refractivity contribution in [2.24, 2.45) is 7.05 Å².